The van der Waals surface area contributed by atoms with Gasteiger partial charge < -0.3 is 10.1 Å². The molecular formula is C17H27N3O4S. The molecule has 0 aliphatic carbocycles. The number of nitrogens with zero attached hydrogens (tertiary/aromatic N) is 1. The van der Waals surface area contributed by atoms with Crippen molar-refractivity contribution in [2.75, 3.05) is 38.6 Å². The molecule has 7 nitrogen and oxygen atoms in total. The molecule has 1 aliphatic heterocycles. The van der Waals surface area contributed by atoms with E-state index >= 15 is 0 Å². The SMILES string of the molecule is CCS(=O)(=O)N[C@H](C)C(=O)N[C@H](CN1CCOCC1)c1ccccc1. The van der Waals surface area contributed by atoms with Gasteiger partial charge in [-0.2, -0.15) is 0 Å². The van der Waals surface area contributed by atoms with Gasteiger partial charge in [-0.15, -0.1) is 0 Å². The van der Waals surface area contributed by atoms with E-state index in [-0.39, 0.29) is 17.7 Å². The van der Waals surface area contributed by atoms with Crippen LogP contribution in [0.1, 0.15) is 25.5 Å². The van der Waals surface area contributed by atoms with E-state index in [1.54, 1.807) is 6.92 Å². The molecule has 1 aromatic carbocycles. The van der Waals surface area contributed by atoms with Crippen LogP contribution in [-0.2, 0) is 19.6 Å². The van der Waals surface area contributed by atoms with Gasteiger partial charge in [0.25, 0.3) is 0 Å². The van der Waals surface area contributed by atoms with Gasteiger partial charge in [-0.25, -0.2) is 13.1 Å². The number of hydrogen-bond acceptors (Lipinski definition) is 5. The molecule has 1 fully saturated rings. The number of sulfonamides is 1. The standard InChI is InChI=1S/C17H27N3O4S/c1-3-25(22,23)19-14(2)17(21)18-16(15-7-5-4-6-8-15)13-20-9-11-24-12-10-20/h4-8,14,16,19H,3,9-13H2,1-2H3,(H,18,21)/t14-,16-/m1/s1. The summed E-state index contributed by atoms with van der Waals surface area (Å²) in [6.07, 6.45) is 0. The topological polar surface area (TPSA) is 87.7 Å². The Labute approximate surface area is 149 Å². The lowest BCUT2D eigenvalue weighted by atomic mass is 10.1. The van der Waals surface area contributed by atoms with E-state index in [0.717, 1.165) is 18.7 Å². The number of carbonyl (C=O) groups excluding carboxylic acids is 1. The predicted octanol–water partition coefficient (Wildman–Crippen LogP) is 0.504. The van der Waals surface area contributed by atoms with Gasteiger partial charge in [0.1, 0.15) is 0 Å². The summed E-state index contributed by atoms with van der Waals surface area (Å²) >= 11 is 0. The van der Waals surface area contributed by atoms with Crippen LogP contribution in [0.15, 0.2) is 30.3 Å². The zero-order valence-corrected chi connectivity index (χ0v) is 15.6. The first-order chi connectivity index (χ1) is 11.9. The first-order valence-electron chi connectivity index (χ1n) is 8.56. The van der Waals surface area contributed by atoms with E-state index in [9.17, 15) is 13.2 Å². The Morgan fingerprint density at radius 1 is 1.24 bits per heavy atom. The van der Waals surface area contributed by atoms with E-state index < -0.39 is 16.1 Å². The van der Waals surface area contributed by atoms with Crippen LogP contribution >= 0.6 is 0 Å². The average molecular weight is 369 g/mol. The molecule has 2 rings (SSSR count). The van der Waals surface area contributed by atoms with Gasteiger partial charge in [0, 0.05) is 19.6 Å². The molecule has 0 bridgehead atoms. The third kappa shape index (κ3) is 6.39. The molecule has 1 aromatic rings. The predicted molar refractivity (Wildman–Crippen MR) is 96.6 cm³/mol. The first kappa shape index (κ1) is 19.8. The molecule has 0 aromatic heterocycles. The van der Waals surface area contributed by atoms with Crippen molar-refractivity contribution in [1.82, 2.24) is 14.9 Å². The minimum Gasteiger partial charge on any atom is -0.379 e. The molecule has 140 valence electrons. The summed E-state index contributed by atoms with van der Waals surface area (Å²) in [5.41, 5.74) is 0.993. The highest BCUT2D eigenvalue weighted by atomic mass is 32.2. The maximum atomic E-state index is 12.5. The third-order valence-corrected chi connectivity index (χ3v) is 5.67. The number of rotatable bonds is 8. The quantitative estimate of drug-likeness (QED) is 0.697. The Balaban J connectivity index is 2.05. The van der Waals surface area contributed by atoms with Crippen LogP contribution in [0.25, 0.3) is 0 Å². The molecule has 2 N–H and O–H groups in total. The lowest BCUT2D eigenvalue weighted by Crippen LogP contribution is -2.49. The highest BCUT2D eigenvalue weighted by Crippen LogP contribution is 2.15. The van der Waals surface area contributed by atoms with Crippen LogP contribution in [0.2, 0.25) is 0 Å². The van der Waals surface area contributed by atoms with Crippen molar-refractivity contribution in [3.63, 3.8) is 0 Å². The number of amides is 1. The molecule has 0 spiro atoms. The van der Waals surface area contributed by atoms with Crippen LogP contribution in [0.5, 0.6) is 0 Å². The monoisotopic (exact) mass is 369 g/mol. The molecule has 0 saturated carbocycles. The summed E-state index contributed by atoms with van der Waals surface area (Å²) in [6.45, 7) is 6.75. The Morgan fingerprint density at radius 3 is 2.48 bits per heavy atom. The number of hydrogen-bond donors (Lipinski definition) is 2. The van der Waals surface area contributed by atoms with E-state index in [0.29, 0.717) is 19.8 Å². The summed E-state index contributed by atoms with van der Waals surface area (Å²) in [5.74, 6) is -0.389. The Morgan fingerprint density at radius 2 is 1.88 bits per heavy atom. The molecular weight excluding hydrogens is 342 g/mol. The van der Waals surface area contributed by atoms with E-state index in [1.165, 1.54) is 6.92 Å². The highest BCUT2D eigenvalue weighted by Gasteiger charge is 2.24. The smallest absolute Gasteiger partial charge is 0.238 e. The number of ether oxygens (including phenoxy) is 1. The lowest BCUT2D eigenvalue weighted by Gasteiger charge is -2.31. The molecule has 2 atom stereocenters. The zero-order chi connectivity index (χ0) is 18.3. The van der Waals surface area contributed by atoms with Gasteiger partial charge in [0.05, 0.1) is 31.1 Å². The van der Waals surface area contributed by atoms with Crippen molar-refractivity contribution in [2.24, 2.45) is 0 Å². The summed E-state index contributed by atoms with van der Waals surface area (Å²) < 4.78 is 31.1. The molecule has 1 amide bonds. The number of carbonyl (C=O) groups is 1. The molecule has 8 heteroatoms. The highest BCUT2D eigenvalue weighted by molar-refractivity contribution is 7.89. The summed E-state index contributed by atoms with van der Waals surface area (Å²) in [4.78, 5) is 14.7. The maximum absolute atomic E-state index is 12.5. The number of benzene rings is 1. The van der Waals surface area contributed by atoms with Crippen molar-refractivity contribution in [3.8, 4) is 0 Å². The normalized spacial score (nSPS) is 18.5. The summed E-state index contributed by atoms with van der Waals surface area (Å²) in [6, 6.07) is 8.68. The zero-order valence-electron chi connectivity index (χ0n) is 14.8. The van der Waals surface area contributed by atoms with Crippen LogP contribution in [0.4, 0.5) is 0 Å². The minimum atomic E-state index is -3.43. The van der Waals surface area contributed by atoms with Gasteiger partial charge in [-0.05, 0) is 19.4 Å². The van der Waals surface area contributed by atoms with Crippen LogP contribution < -0.4 is 10.0 Å². The minimum absolute atomic E-state index is 0.0550. The Hall–Kier alpha value is -1.48. The van der Waals surface area contributed by atoms with E-state index in [1.807, 2.05) is 30.3 Å². The van der Waals surface area contributed by atoms with Crippen molar-refractivity contribution >= 4 is 15.9 Å². The number of morpholine rings is 1. The van der Waals surface area contributed by atoms with Crippen LogP contribution in [0.3, 0.4) is 0 Å². The fourth-order valence-corrected chi connectivity index (χ4v) is 3.48. The molecule has 1 saturated heterocycles. The number of nitrogens with one attached hydrogen (secondary N) is 2. The second kappa shape index (κ2) is 9.28. The Bertz CT molecular complexity index is 645. The molecule has 0 radical (unpaired) electrons. The van der Waals surface area contributed by atoms with Crippen molar-refractivity contribution < 1.29 is 17.9 Å². The summed E-state index contributed by atoms with van der Waals surface area (Å²) in [5, 5.41) is 2.98. The van der Waals surface area contributed by atoms with Gasteiger partial charge in [0.15, 0.2) is 0 Å². The van der Waals surface area contributed by atoms with Gasteiger partial charge >= 0.3 is 0 Å². The fourth-order valence-electron chi connectivity index (χ4n) is 2.66. The molecule has 1 heterocycles. The van der Waals surface area contributed by atoms with Crippen LogP contribution in [-0.4, -0.2) is 63.9 Å². The van der Waals surface area contributed by atoms with Crippen molar-refractivity contribution in [1.29, 1.82) is 0 Å². The van der Waals surface area contributed by atoms with Gasteiger partial charge in [-0.3, -0.25) is 9.69 Å². The first-order valence-corrected chi connectivity index (χ1v) is 10.2. The van der Waals surface area contributed by atoms with Gasteiger partial charge in [0.2, 0.25) is 15.9 Å². The Kier molecular flexibility index (Phi) is 7.37. The average Bonchev–Trinajstić information content (AvgIpc) is 2.62. The van der Waals surface area contributed by atoms with E-state index in [2.05, 4.69) is 14.9 Å². The maximum Gasteiger partial charge on any atom is 0.238 e. The lowest BCUT2D eigenvalue weighted by molar-refractivity contribution is -0.123. The van der Waals surface area contributed by atoms with Crippen molar-refractivity contribution in [2.45, 2.75) is 25.9 Å². The largest absolute Gasteiger partial charge is 0.379 e. The second-order valence-electron chi connectivity index (χ2n) is 6.13. The van der Waals surface area contributed by atoms with E-state index in [4.69, 9.17) is 4.74 Å². The summed E-state index contributed by atoms with van der Waals surface area (Å²) in [7, 11) is -3.43. The van der Waals surface area contributed by atoms with Crippen LogP contribution in [0, 0.1) is 0 Å². The molecule has 0 unspecified atom stereocenters. The van der Waals surface area contributed by atoms with Gasteiger partial charge in [-0.1, -0.05) is 30.3 Å². The third-order valence-electron chi connectivity index (χ3n) is 4.19. The fraction of sp³-hybridized carbons (Fsp3) is 0.588. The van der Waals surface area contributed by atoms with Crippen molar-refractivity contribution in [3.05, 3.63) is 35.9 Å². The molecule has 25 heavy (non-hydrogen) atoms. The second-order valence-corrected chi connectivity index (χ2v) is 8.17. The molecule has 1 aliphatic rings.